The highest BCUT2D eigenvalue weighted by Gasteiger charge is 2.19. The maximum absolute atomic E-state index is 13.4. The van der Waals surface area contributed by atoms with Gasteiger partial charge in [-0.25, -0.2) is 9.07 Å². The molecule has 0 aliphatic heterocycles. The average Bonchev–Trinajstić information content (AvgIpc) is 3.20. The second kappa shape index (κ2) is 9.99. The van der Waals surface area contributed by atoms with Crippen molar-refractivity contribution in [1.82, 2.24) is 9.78 Å². The first kappa shape index (κ1) is 22.1. The molecule has 168 valence electrons. The normalized spacial score (nSPS) is 11.4. The lowest BCUT2D eigenvalue weighted by atomic mass is 10.1. The Kier molecular flexibility index (Phi) is 6.69. The Labute approximate surface area is 190 Å². The molecular weight excluding hydrogens is 421 g/mol. The monoisotopic (exact) mass is 445 g/mol. The molecule has 0 atom stereocenters. The molecule has 3 aromatic carbocycles. The van der Waals surface area contributed by atoms with Crippen LogP contribution < -0.4 is 15.0 Å². The van der Waals surface area contributed by atoms with Crippen LogP contribution in [0.2, 0.25) is 0 Å². The predicted octanol–water partition coefficient (Wildman–Crippen LogP) is 4.87. The number of halogens is 1. The van der Waals surface area contributed by atoms with E-state index in [4.69, 9.17) is 9.47 Å². The third kappa shape index (κ3) is 4.87. The van der Waals surface area contributed by atoms with Crippen molar-refractivity contribution in [3.8, 4) is 28.4 Å². The molecular formula is C26H24FN3O3. The van der Waals surface area contributed by atoms with E-state index >= 15 is 0 Å². The van der Waals surface area contributed by atoms with Gasteiger partial charge in [0.25, 0.3) is 5.56 Å². The molecule has 0 amide bonds. The number of methoxy groups -OCH3 is 1. The summed E-state index contributed by atoms with van der Waals surface area (Å²) in [6, 6.07) is 22.7. The largest absolute Gasteiger partial charge is 0.493 e. The summed E-state index contributed by atoms with van der Waals surface area (Å²) >= 11 is 0. The first-order valence-electron chi connectivity index (χ1n) is 10.5. The Bertz CT molecular complexity index is 1310. The van der Waals surface area contributed by atoms with Crippen LogP contribution in [0.3, 0.4) is 0 Å². The highest BCUT2D eigenvalue weighted by atomic mass is 19.1. The number of ether oxygens (including phenoxy) is 2. The number of hydrogen-bond acceptors (Lipinski definition) is 4. The zero-order chi connectivity index (χ0) is 23.2. The highest BCUT2D eigenvalue weighted by Crippen LogP contribution is 2.25. The van der Waals surface area contributed by atoms with Crippen LogP contribution in [0.15, 0.2) is 88.6 Å². The second-order valence-corrected chi connectivity index (χ2v) is 7.31. The first-order valence-corrected chi connectivity index (χ1v) is 10.5. The van der Waals surface area contributed by atoms with Gasteiger partial charge in [-0.3, -0.25) is 14.9 Å². The SMILES string of the molecule is COc1ccccc1OCCN=C(C)c1c(-c2ccccc2)[nH]n(-c2ccc(F)cc2)c1=O. The predicted molar refractivity (Wildman–Crippen MR) is 127 cm³/mol. The molecule has 0 aliphatic carbocycles. The summed E-state index contributed by atoms with van der Waals surface area (Å²) in [5.74, 6) is 0.921. The quantitative estimate of drug-likeness (QED) is 0.311. The summed E-state index contributed by atoms with van der Waals surface area (Å²) in [4.78, 5) is 17.9. The molecule has 0 fully saturated rings. The van der Waals surface area contributed by atoms with E-state index < -0.39 is 0 Å². The number of aliphatic imine (C=N–C) groups is 1. The number of H-pyrrole nitrogens is 1. The van der Waals surface area contributed by atoms with Crippen LogP contribution in [0.25, 0.3) is 16.9 Å². The number of rotatable bonds is 8. The van der Waals surface area contributed by atoms with E-state index in [-0.39, 0.29) is 11.4 Å². The summed E-state index contributed by atoms with van der Waals surface area (Å²) < 4.78 is 25.9. The minimum atomic E-state index is -0.366. The van der Waals surface area contributed by atoms with Gasteiger partial charge in [-0.2, -0.15) is 0 Å². The fraction of sp³-hybridized carbons (Fsp3) is 0.154. The van der Waals surface area contributed by atoms with Crippen LogP contribution in [0.1, 0.15) is 12.5 Å². The topological polar surface area (TPSA) is 68.6 Å². The van der Waals surface area contributed by atoms with Gasteiger partial charge in [-0.05, 0) is 43.3 Å². The van der Waals surface area contributed by atoms with Crippen LogP contribution in [0.5, 0.6) is 11.5 Å². The van der Waals surface area contributed by atoms with Gasteiger partial charge in [0.1, 0.15) is 12.4 Å². The third-order valence-electron chi connectivity index (χ3n) is 5.17. The van der Waals surface area contributed by atoms with Crippen molar-refractivity contribution >= 4 is 5.71 Å². The van der Waals surface area contributed by atoms with Crippen LogP contribution >= 0.6 is 0 Å². The van der Waals surface area contributed by atoms with E-state index in [0.717, 1.165) is 5.56 Å². The van der Waals surface area contributed by atoms with Crippen molar-refractivity contribution in [2.24, 2.45) is 4.99 Å². The van der Waals surface area contributed by atoms with Crippen molar-refractivity contribution in [1.29, 1.82) is 0 Å². The molecule has 1 heterocycles. The minimum absolute atomic E-state index is 0.257. The molecule has 4 aromatic rings. The lowest BCUT2D eigenvalue weighted by Crippen LogP contribution is -2.20. The maximum Gasteiger partial charge on any atom is 0.280 e. The Morgan fingerprint density at radius 3 is 2.33 bits per heavy atom. The van der Waals surface area contributed by atoms with Crippen molar-refractivity contribution in [3.05, 3.63) is 101 Å². The number of hydrogen-bond donors (Lipinski definition) is 1. The summed E-state index contributed by atoms with van der Waals surface area (Å²) in [7, 11) is 1.59. The lowest BCUT2D eigenvalue weighted by Gasteiger charge is -2.09. The fourth-order valence-electron chi connectivity index (χ4n) is 3.54. The standard InChI is InChI=1S/C26H24FN3O3/c1-18(28-16-17-33-23-11-7-6-10-22(23)32-2)24-25(19-8-4-3-5-9-19)29-30(26(24)31)21-14-12-20(27)13-15-21/h3-15,29H,16-17H2,1-2H3. The summed E-state index contributed by atoms with van der Waals surface area (Å²) in [6.07, 6.45) is 0. The molecule has 1 N–H and O–H groups in total. The van der Waals surface area contributed by atoms with E-state index in [1.807, 2.05) is 54.6 Å². The summed E-state index contributed by atoms with van der Waals surface area (Å²) in [5.41, 5.74) is 2.83. The van der Waals surface area contributed by atoms with Crippen LogP contribution in [0, 0.1) is 5.82 Å². The lowest BCUT2D eigenvalue weighted by molar-refractivity contribution is 0.303. The van der Waals surface area contributed by atoms with Gasteiger partial charge in [-0.15, -0.1) is 0 Å². The minimum Gasteiger partial charge on any atom is -0.493 e. The van der Waals surface area contributed by atoms with Crippen LogP contribution in [0.4, 0.5) is 4.39 Å². The third-order valence-corrected chi connectivity index (χ3v) is 5.17. The number of nitrogens with one attached hydrogen (secondary N) is 1. The van der Waals surface area contributed by atoms with E-state index in [2.05, 4.69) is 10.1 Å². The molecule has 0 bridgehead atoms. The number of nitrogens with zero attached hydrogens (tertiary/aromatic N) is 2. The fourth-order valence-corrected chi connectivity index (χ4v) is 3.54. The number of para-hydroxylation sites is 2. The van der Waals surface area contributed by atoms with Gasteiger partial charge in [-0.1, -0.05) is 42.5 Å². The van der Waals surface area contributed by atoms with Crippen molar-refractivity contribution in [3.63, 3.8) is 0 Å². The van der Waals surface area contributed by atoms with Gasteiger partial charge in [0.05, 0.1) is 30.6 Å². The molecule has 0 aliphatic rings. The zero-order valence-electron chi connectivity index (χ0n) is 18.4. The molecule has 0 unspecified atom stereocenters. The second-order valence-electron chi connectivity index (χ2n) is 7.31. The zero-order valence-corrected chi connectivity index (χ0v) is 18.4. The van der Waals surface area contributed by atoms with Crippen molar-refractivity contribution < 1.29 is 13.9 Å². The molecule has 0 spiro atoms. The molecule has 6 nitrogen and oxygen atoms in total. The summed E-state index contributed by atoms with van der Waals surface area (Å²) in [6.45, 7) is 2.49. The molecule has 0 saturated heterocycles. The van der Waals surface area contributed by atoms with Crippen molar-refractivity contribution in [2.45, 2.75) is 6.92 Å². The van der Waals surface area contributed by atoms with Gasteiger partial charge < -0.3 is 9.47 Å². The summed E-state index contributed by atoms with van der Waals surface area (Å²) in [5, 5.41) is 3.17. The smallest absolute Gasteiger partial charge is 0.280 e. The van der Waals surface area contributed by atoms with Crippen LogP contribution in [-0.2, 0) is 0 Å². The van der Waals surface area contributed by atoms with Gasteiger partial charge in [0, 0.05) is 11.3 Å². The van der Waals surface area contributed by atoms with E-state index in [9.17, 15) is 9.18 Å². The molecule has 7 heteroatoms. The van der Waals surface area contributed by atoms with E-state index in [1.54, 1.807) is 26.2 Å². The molecule has 0 saturated carbocycles. The van der Waals surface area contributed by atoms with Crippen molar-refractivity contribution in [2.75, 3.05) is 20.3 Å². The molecule has 33 heavy (non-hydrogen) atoms. The Hall–Kier alpha value is -4.13. The number of aromatic nitrogens is 2. The van der Waals surface area contributed by atoms with Gasteiger partial charge in [0.15, 0.2) is 11.5 Å². The molecule has 1 aromatic heterocycles. The Morgan fingerprint density at radius 1 is 0.970 bits per heavy atom. The van der Waals surface area contributed by atoms with E-state index in [1.165, 1.54) is 16.8 Å². The highest BCUT2D eigenvalue weighted by molar-refractivity contribution is 6.03. The first-order chi connectivity index (χ1) is 16.1. The number of aromatic amines is 1. The maximum atomic E-state index is 13.4. The Balaban J connectivity index is 1.63. The Morgan fingerprint density at radius 2 is 1.64 bits per heavy atom. The molecule has 0 radical (unpaired) electrons. The van der Waals surface area contributed by atoms with E-state index in [0.29, 0.717) is 47.3 Å². The molecule has 4 rings (SSSR count). The van der Waals surface area contributed by atoms with Crippen LogP contribution in [-0.4, -0.2) is 35.8 Å². The van der Waals surface area contributed by atoms with Gasteiger partial charge in [0.2, 0.25) is 0 Å². The number of benzene rings is 3. The van der Waals surface area contributed by atoms with Gasteiger partial charge >= 0.3 is 0 Å². The average molecular weight is 445 g/mol.